The van der Waals surface area contributed by atoms with Crippen LogP contribution >= 0.6 is 11.6 Å². The fourth-order valence-electron chi connectivity index (χ4n) is 2.05. The Bertz CT molecular complexity index is 767. The second-order valence-electron chi connectivity index (χ2n) is 5.01. The van der Waals surface area contributed by atoms with E-state index in [4.69, 9.17) is 16.3 Å². The van der Waals surface area contributed by atoms with Crippen molar-refractivity contribution in [2.75, 3.05) is 6.61 Å². The van der Waals surface area contributed by atoms with E-state index in [1.54, 1.807) is 12.1 Å². The molecule has 1 N–H and O–H groups in total. The van der Waals surface area contributed by atoms with Gasteiger partial charge < -0.3 is 10.1 Å². The van der Waals surface area contributed by atoms with Crippen LogP contribution in [-0.4, -0.2) is 18.5 Å². The van der Waals surface area contributed by atoms with Crippen molar-refractivity contribution in [1.29, 1.82) is 0 Å². The first-order chi connectivity index (χ1) is 11.4. The Morgan fingerprint density at radius 2 is 1.92 bits per heavy atom. The molecule has 1 amide bonds. The van der Waals surface area contributed by atoms with E-state index >= 15 is 0 Å². The van der Waals surface area contributed by atoms with Crippen LogP contribution in [-0.2, 0) is 9.53 Å². The van der Waals surface area contributed by atoms with Crippen molar-refractivity contribution in [2.24, 2.45) is 0 Å². The zero-order valence-electron chi connectivity index (χ0n) is 12.7. The number of benzene rings is 2. The highest BCUT2D eigenvalue weighted by Gasteiger charge is 2.17. The summed E-state index contributed by atoms with van der Waals surface area (Å²) < 4.78 is 31.4. The van der Waals surface area contributed by atoms with Gasteiger partial charge in [0, 0.05) is 11.6 Å². The van der Waals surface area contributed by atoms with Crippen molar-refractivity contribution in [2.45, 2.75) is 13.0 Å². The van der Waals surface area contributed by atoms with E-state index in [0.29, 0.717) is 0 Å². The summed E-state index contributed by atoms with van der Waals surface area (Å²) in [7, 11) is 0. The Morgan fingerprint density at radius 1 is 1.21 bits per heavy atom. The largest absolute Gasteiger partial charge is 0.452 e. The maximum Gasteiger partial charge on any atom is 0.340 e. The van der Waals surface area contributed by atoms with Crippen molar-refractivity contribution in [1.82, 2.24) is 5.32 Å². The van der Waals surface area contributed by atoms with Crippen molar-refractivity contribution in [3.8, 4) is 0 Å². The van der Waals surface area contributed by atoms with Gasteiger partial charge in [-0.3, -0.25) is 4.79 Å². The number of amides is 1. The van der Waals surface area contributed by atoms with Gasteiger partial charge in [0.2, 0.25) is 0 Å². The summed E-state index contributed by atoms with van der Waals surface area (Å²) in [5, 5.41) is 2.68. The van der Waals surface area contributed by atoms with E-state index in [1.807, 2.05) is 0 Å². The van der Waals surface area contributed by atoms with Gasteiger partial charge in [-0.05, 0) is 25.1 Å². The molecule has 0 aliphatic heterocycles. The fourth-order valence-corrected chi connectivity index (χ4v) is 2.26. The highest BCUT2D eigenvalue weighted by molar-refractivity contribution is 6.33. The SMILES string of the molecule is C[C@@H](NC(=O)COC(=O)c1ccccc1Cl)c1ccc(F)cc1F. The molecular weight excluding hydrogens is 340 g/mol. The quantitative estimate of drug-likeness (QED) is 0.835. The average molecular weight is 354 g/mol. The molecule has 126 valence electrons. The maximum atomic E-state index is 13.6. The number of hydrogen-bond donors (Lipinski definition) is 1. The minimum Gasteiger partial charge on any atom is -0.452 e. The number of ether oxygens (including phenoxy) is 1. The Labute approximate surface area is 142 Å². The first-order valence-electron chi connectivity index (χ1n) is 7.04. The number of rotatable bonds is 5. The molecule has 0 aromatic heterocycles. The second kappa shape index (κ2) is 7.88. The number of halogens is 3. The Hall–Kier alpha value is -2.47. The highest BCUT2D eigenvalue weighted by atomic mass is 35.5. The fraction of sp³-hybridized carbons (Fsp3) is 0.176. The molecule has 0 spiro atoms. The molecule has 2 aromatic rings. The van der Waals surface area contributed by atoms with E-state index in [-0.39, 0.29) is 16.1 Å². The van der Waals surface area contributed by atoms with E-state index in [9.17, 15) is 18.4 Å². The van der Waals surface area contributed by atoms with Crippen molar-refractivity contribution in [3.05, 3.63) is 70.2 Å². The van der Waals surface area contributed by atoms with Gasteiger partial charge in [-0.1, -0.05) is 29.8 Å². The normalized spacial score (nSPS) is 11.7. The number of carbonyl (C=O) groups is 2. The summed E-state index contributed by atoms with van der Waals surface area (Å²) in [4.78, 5) is 23.6. The lowest BCUT2D eigenvalue weighted by Gasteiger charge is -2.15. The molecule has 2 rings (SSSR count). The molecule has 2 aromatic carbocycles. The zero-order chi connectivity index (χ0) is 17.7. The summed E-state index contributed by atoms with van der Waals surface area (Å²) in [6.45, 7) is 0.987. The lowest BCUT2D eigenvalue weighted by atomic mass is 10.1. The molecule has 0 saturated heterocycles. The van der Waals surface area contributed by atoms with E-state index in [0.717, 1.165) is 12.1 Å². The molecule has 0 unspecified atom stereocenters. The van der Waals surface area contributed by atoms with Crippen LogP contribution in [0.4, 0.5) is 8.78 Å². The van der Waals surface area contributed by atoms with Crippen LogP contribution in [0.5, 0.6) is 0 Å². The van der Waals surface area contributed by atoms with E-state index in [1.165, 1.54) is 25.1 Å². The summed E-state index contributed by atoms with van der Waals surface area (Å²) in [5.41, 5.74) is 0.270. The van der Waals surface area contributed by atoms with Gasteiger partial charge in [0.15, 0.2) is 6.61 Å². The van der Waals surface area contributed by atoms with Crippen LogP contribution in [0.3, 0.4) is 0 Å². The smallest absolute Gasteiger partial charge is 0.340 e. The van der Waals surface area contributed by atoms with Gasteiger partial charge in [0.1, 0.15) is 11.6 Å². The number of nitrogens with one attached hydrogen (secondary N) is 1. The van der Waals surface area contributed by atoms with Crippen LogP contribution in [0.1, 0.15) is 28.9 Å². The third-order valence-electron chi connectivity index (χ3n) is 3.23. The molecule has 7 heteroatoms. The van der Waals surface area contributed by atoms with Crippen molar-refractivity contribution >= 4 is 23.5 Å². The lowest BCUT2D eigenvalue weighted by Crippen LogP contribution is -2.31. The van der Waals surface area contributed by atoms with Crippen molar-refractivity contribution < 1.29 is 23.1 Å². The first-order valence-corrected chi connectivity index (χ1v) is 7.42. The van der Waals surface area contributed by atoms with Crippen LogP contribution in [0.15, 0.2) is 42.5 Å². The summed E-state index contributed by atoms with van der Waals surface area (Å²) in [6, 6.07) is 8.62. The number of hydrogen-bond acceptors (Lipinski definition) is 3. The molecule has 0 aliphatic rings. The van der Waals surface area contributed by atoms with Gasteiger partial charge in [-0.15, -0.1) is 0 Å². The van der Waals surface area contributed by atoms with Gasteiger partial charge in [-0.2, -0.15) is 0 Å². The van der Waals surface area contributed by atoms with Crippen molar-refractivity contribution in [3.63, 3.8) is 0 Å². The van der Waals surface area contributed by atoms with Crippen LogP contribution in [0, 0.1) is 11.6 Å². The second-order valence-corrected chi connectivity index (χ2v) is 5.42. The predicted molar refractivity (Wildman–Crippen MR) is 84.7 cm³/mol. The zero-order valence-corrected chi connectivity index (χ0v) is 13.4. The van der Waals surface area contributed by atoms with E-state index in [2.05, 4.69) is 5.32 Å². The molecule has 0 radical (unpaired) electrons. The molecular formula is C17H14ClF2NO3. The maximum absolute atomic E-state index is 13.6. The van der Waals surface area contributed by atoms with Crippen LogP contribution in [0.2, 0.25) is 5.02 Å². The molecule has 0 bridgehead atoms. The number of carbonyl (C=O) groups excluding carboxylic acids is 2. The Morgan fingerprint density at radius 3 is 2.58 bits per heavy atom. The van der Waals surface area contributed by atoms with E-state index < -0.39 is 36.2 Å². The molecule has 4 nitrogen and oxygen atoms in total. The third-order valence-corrected chi connectivity index (χ3v) is 3.56. The third kappa shape index (κ3) is 4.52. The molecule has 1 atom stereocenters. The Kier molecular flexibility index (Phi) is 5.87. The van der Waals surface area contributed by atoms with Crippen LogP contribution < -0.4 is 5.32 Å². The topological polar surface area (TPSA) is 55.4 Å². The number of esters is 1. The molecule has 0 saturated carbocycles. The van der Waals surface area contributed by atoms with Gasteiger partial charge in [0.05, 0.1) is 16.6 Å². The predicted octanol–water partition coefficient (Wildman–Crippen LogP) is 3.65. The monoisotopic (exact) mass is 353 g/mol. The lowest BCUT2D eigenvalue weighted by molar-refractivity contribution is -0.124. The Balaban J connectivity index is 1.91. The average Bonchev–Trinajstić information content (AvgIpc) is 2.52. The standard InChI is InChI=1S/C17H14ClF2NO3/c1-10(12-7-6-11(19)8-15(12)20)21-16(22)9-24-17(23)13-4-2-3-5-14(13)18/h2-8,10H,9H2,1H3,(H,21,22)/t10-/m1/s1. The first kappa shape index (κ1) is 17.9. The molecule has 0 heterocycles. The minimum absolute atomic E-state index is 0.127. The summed E-state index contributed by atoms with van der Waals surface area (Å²) in [5.74, 6) is -2.83. The summed E-state index contributed by atoms with van der Waals surface area (Å²) >= 11 is 5.86. The summed E-state index contributed by atoms with van der Waals surface area (Å²) in [6.07, 6.45) is 0. The highest BCUT2D eigenvalue weighted by Crippen LogP contribution is 2.18. The van der Waals surface area contributed by atoms with Gasteiger partial charge in [0.25, 0.3) is 5.91 Å². The molecule has 0 fully saturated rings. The van der Waals surface area contributed by atoms with Gasteiger partial charge in [-0.25, -0.2) is 13.6 Å². The molecule has 0 aliphatic carbocycles. The van der Waals surface area contributed by atoms with Crippen LogP contribution in [0.25, 0.3) is 0 Å². The minimum atomic E-state index is -0.768. The van der Waals surface area contributed by atoms with Gasteiger partial charge >= 0.3 is 5.97 Å². The molecule has 24 heavy (non-hydrogen) atoms.